The van der Waals surface area contributed by atoms with Gasteiger partial charge in [0, 0.05) is 23.5 Å². The fourth-order valence-electron chi connectivity index (χ4n) is 3.04. The molecule has 5 heteroatoms. The van der Waals surface area contributed by atoms with E-state index in [-0.39, 0.29) is 11.6 Å². The Bertz CT molecular complexity index is 656. The maximum Gasteiger partial charge on any atom is 0.338 e. The zero-order valence-electron chi connectivity index (χ0n) is 12.2. The Hall–Kier alpha value is -1.72. The fourth-order valence-corrected chi connectivity index (χ4v) is 3.60. The molecule has 1 aliphatic heterocycles. The minimum Gasteiger partial charge on any atom is -0.455 e. The Morgan fingerprint density at radius 1 is 1.32 bits per heavy atom. The number of hydrogen-bond acceptors (Lipinski definition) is 5. The molecule has 114 valence electrons. The van der Waals surface area contributed by atoms with Crippen molar-refractivity contribution in [3.05, 3.63) is 40.7 Å². The molecule has 2 aliphatic rings. The lowest BCUT2D eigenvalue weighted by atomic mass is 9.99. The summed E-state index contributed by atoms with van der Waals surface area (Å²) in [5.41, 5.74) is 4.10. The zero-order valence-corrected chi connectivity index (χ0v) is 13.0. The first-order chi connectivity index (χ1) is 10.8. The van der Waals surface area contributed by atoms with Crippen molar-refractivity contribution in [1.82, 2.24) is 4.98 Å². The van der Waals surface area contributed by atoms with Crippen LogP contribution in [0.1, 0.15) is 29.6 Å². The van der Waals surface area contributed by atoms with Crippen molar-refractivity contribution in [3.8, 4) is 11.3 Å². The van der Waals surface area contributed by atoms with Crippen LogP contribution in [0.2, 0.25) is 0 Å². The monoisotopic (exact) mass is 315 g/mol. The average Bonchev–Trinajstić information content (AvgIpc) is 3.03. The van der Waals surface area contributed by atoms with Gasteiger partial charge in [0.05, 0.1) is 23.4 Å². The van der Waals surface area contributed by atoms with Gasteiger partial charge in [-0.15, -0.1) is 11.3 Å². The van der Waals surface area contributed by atoms with Crippen LogP contribution in [0, 0.1) is 5.92 Å². The number of benzene rings is 1. The molecule has 1 atom stereocenters. The summed E-state index contributed by atoms with van der Waals surface area (Å²) < 4.78 is 11.2. The molecule has 2 fully saturated rings. The molecule has 1 aliphatic carbocycles. The van der Waals surface area contributed by atoms with E-state index in [0.29, 0.717) is 11.5 Å². The van der Waals surface area contributed by atoms with Crippen LogP contribution in [0.4, 0.5) is 0 Å². The van der Waals surface area contributed by atoms with Crippen LogP contribution in [-0.2, 0) is 9.47 Å². The van der Waals surface area contributed by atoms with Gasteiger partial charge in [0.1, 0.15) is 5.60 Å². The molecule has 1 unspecified atom stereocenters. The Morgan fingerprint density at radius 2 is 2.14 bits per heavy atom. The lowest BCUT2D eigenvalue weighted by molar-refractivity contribution is 0.000839. The van der Waals surface area contributed by atoms with Crippen molar-refractivity contribution >= 4 is 17.3 Å². The number of carbonyl (C=O) groups is 1. The number of ether oxygens (including phenoxy) is 2. The summed E-state index contributed by atoms with van der Waals surface area (Å²) in [5, 5.41) is 1.99. The van der Waals surface area contributed by atoms with Gasteiger partial charge >= 0.3 is 5.97 Å². The van der Waals surface area contributed by atoms with E-state index < -0.39 is 0 Å². The molecule has 4 rings (SSSR count). The molecule has 0 bridgehead atoms. The Balaban J connectivity index is 1.46. The molecule has 22 heavy (non-hydrogen) atoms. The Kier molecular flexibility index (Phi) is 3.47. The van der Waals surface area contributed by atoms with Gasteiger partial charge < -0.3 is 9.47 Å². The maximum absolute atomic E-state index is 12.4. The van der Waals surface area contributed by atoms with Gasteiger partial charge in [-0.3, -0.25) is 0 Å². The number of esters is 1. The first-order valence-corrected chi connectivity index (χ1v) is 8.51. The number of hydrogen-bond donors (Lipinski definition) is 0. The molecule has 0 spiro atoms. The molecular weight excluding hydrogens is 298 g/mol. The third kappa shape index (κ3) is 2.55. The van der Waals surface area contributed by atoms with E-state index in [4.69, 9.17) is 9.47 Å². The summed E-state index contributed by atoms with van der Waals surface area (Å²) in [5.74, 6) is 0.139. The van der Waals surface area contributed by atoms with Crippen LogP contribution in [0.5, 0.6) is 0 Å². The summed E-state index contributed by atoms with van der Waals surface area (Å²) in [4.78, 5) is 16.6. The van der Waals surface area contributed by atoms with Crippen molar-refractivity contribution in [2.24, 2.45) is 5.92 Å². The van der Waals surface area contributed by atoms with Crippen molar-refractivity contribution in [2.75, 3.05) is 13.2 Å². The third-order valence-electron chi connectivity index (χ3n) is 4.56. The zero-order chi connectivity index (χ0) is 15.0. The number of aromatic nitrogens is 1. The molecule has 0 N–H and O–H groups in total. The van der Waals surface area contributed by atoms with Crippen LogP contribution in [-0.4, -0.2) is 29.8 Å². The highest BCUT2D eigenvalue weighted by Gasteiger charge is 2.54. The number of thiazole rings is 1. The lowest BCUT2D eigenvalue weighted by Gasteiger charge is -2.22. The number of nitrogens with zero attached hydrogens (tertiary/aromatic N) is 1. The van der Waals surface area contributed by atoms with Crippen molar-refractivity contribution in [3.63, 3.8) is 0 Å². The molecule has 1 aromatic carbocycles. The van der Waals surface area contributed by atoms with E-state index in [2.05, 4.69) is 4.98 Å². The summed E-state index contributed by atoms with van der Waals surface area (Å²) in [6, 6.07) is 7.48. The van der Waals surface area contributed by atoms with E-state index >= 15 is 0 Å². The van der Waals surface area contributed by atoms with Crippen molar-refractivity contribution in [2.45, 2.75) is 24.9 Å². The van der Waals surface area contributed by atoms with Gasteiger partial charge in [0.2, 0.25) is 0 Å². The largest absolute Gasteiger partial charge is 0.455 e. The highest BCUT2D eigenvalue weighted by atomic mass is 32.1. The second-order valence-electron chi connectivity index (χ2n) is 5.97. The summed E-state index contributed by atoms with van der Waals surface area (Å²) >= 11 is 1.56. The highest BCUT2D eigenvalue weighted by Crippen LogP contribution is 2.49. The number of rotatable bonds is 4. The molecule has 0 radical (unpaired) electrons. The Labute approximate surface area is 133 Å². The minimum absolute atomic E-state index is 0.228. The van der Waals surface area contributed by atoms with Gasteiger partial charge in [-0.05, 0) is 31.4 Å². The van der Waals surface area contributed by atoms with Gasteiger partial charge in [-0.2, -0.15) is 0 Å². The standard InChI is InChI=1S/C17H17NO3S/c19-16(21-17(6-7-17)14-5-8-20-9-14)13-3-1-12(2-4-13)15-10-22-11-18-15/h1-4,10-11,14H,5-9H2. The van der Waals surface area contributed by atoms with Crippen LogP contribution < -0.4 is 0 Å². The first-order valence-electron chi connectivity index (χ1n) is 7.57. The van der Waals surface area contributed by atoms with Crippen LogP contribution in [0.3, 0.4) is 0 Å². The molecular formula is C17H17NO3S. The summed E-state index contributed by atoms with van der Waals surface area (Å²) in [6.45, 7) is 1.50. The minimum atomic E-state index is -0.263. The van der Waals surface area contributed by atoms with Crippen molar-refractivity contribution < 1.29 is 14.3 Å². The van der Waals surface area contributed by atoms with E-state index in [9.17, 15) is 4.79 Å². The first kappa shape index (κ1) is 13.9. The highest BCUT2D eigenvalue weighted by molar-refractivity contribution is 7.07. The SMILES string of the molecule is O=C(OC1(C2CCOC2)CC1)c1ccc(-c2cscn2)cc1. The number of carbonyl (C=O) groups excluding carboxylic acids is 1. The molecule has 1 saturated carbocycles. The fraction of sp³-hybridized carbons (Fsp3) is 0.412. The van der Waals surface area contributed by atoms with E-state index in [1.165, 1.54) is 0 Å². The molecule has 2 aromatic rings. The summed E-state index contributed by atoms with van der Waals surface area (Å²) in [6.07, 6.45) is 2.92. The van der Waals surface area contributed by atoms with Gasteiger partial charge in [0.15, 0.2) is 0 Å². The molecule has 1 aromatic heterocycles. The molecule has 0 amide bonds. The predicted molar refractivity (Wildman–Crippen MR) is 83.9 cm³/mol. The molecule has 1 saturated heterocycles. The molecule has 2 heterocycles. The van der Waals surface area contributed by atoms with E-state index in [1.807, 2.05) is 29.6 Å². The smallest absolute Gasteiger partial charge is 0.338 e. The van der Waals surface area contributed by atoms with Crippen LogP contribution in [0.15, 0.2) is 35.2 Å². The van der Waals surface area contributed by atoms with Gasteiger partial charge in [0.25, 0.3) is 0 Å². The summed E-state index contributed by atoms with van der Waals surface area (Å²) in [7, 11) is 0. The predicted octanol–water partition coefficient (Wildman–Crippen LogP) is 3.54. The van der Waals surface area contributed by atoms with Gasteiger partial charge in [-0.1, -0.05) is 12.1 Å². The van der Waals surface area contributed by atoms with Crippen LogP contribution in [0.25, 0.3) is 11.3 Å². The van der Waals surface area contributed by atoms with E-state index in [0.717, 1.165) is 43.7 Å². The average molecular weight is 315 g/mol. The topological polar surface area (TPSA) is 48.4 Å². The van der Waals surface area contributed by atoms with Crippen molar-refractivity contribution in [1.29, 1.82) is 0 Å². The van der Waals surface area contributed by atoms with E-state index in [1.54, 1.807) is 16.8 Å². The molecule has 4 nitrogen and oxygen atoms in total. The second kappa shape index (κ2) is 5.48. The lowest BCUT2D eigenvalue weighted by Crippen LogP contribution is -2.29. The Morgan fingerprint density at radius 3 is 2.73 bits per heavy atom. The third-order valence-corrected chi connectivity index (χ3v) is 5.15. The van der Waals surface area contributed by atoms with Gasteiger partial charge in [-0.25, -0.2) is 9.78 Å². The van der Waals surface area contributed by atoms with Crippen LogP contribution >= 0.6 is 11.3 Å². The maximum atomic E-state index is 12.4. The quantitative estimate of drug-likeness (QED) is 0.810. The second-order valence-corrected chi connectivity index (χ2v) is 6.68. The normalized spacial score (nSPS) is 22.5.